The lowest BCUT2D eigenvalue weighted by Gasteiger charge is -2.20. The third-order valence-corrected chi connectivity index (χ3v) is 2.02. The molecule has 76 valence electrons. The maximum Gasteiger partial charge on any atom is 0.0899 e. The van der Waals surface area contributed by atoms with Crippen molar-refractivity contribution >= 4 is 6.34 Å². The van der Waals surface area contributed by atoms with Gasteiger partial charge in [0.1, 0.15) is 0 Å². The first-order valence-electron chi connectivity index (χ1n) is 4.92. The summed E-state index contributed by atoms with van der Waals surface area (Å²) >= 11 is 0. The van der Waals surface area contributed by atoms with Crippen molar-refractivity contribution in [3.8, 4) is 0 Å². The molecule has 0 spiro atoms. The maximum atomic E-state index is 4.24. The highest BCUT2D eigenvalue weighted by Crippen LogP contribution is 2.13. The molecule has 1 rings (SSSR count). The number of rotatable bonds is 3. The van der Waals surface area contributed by atoms with Crippen LogP contribution in [-0.4, -0.2) is 23.8 Å². The molecule has 0 unspecified atom stereocenters. The zero-order valence-corrected chi connectivity index (χ0v) is 9.20. The first-order chi connectivity index (χ1) is 6.61. The molecule has 0 aromatic heterocycles. The number of hydrogen-bond donors (Lipinski definition) is 0. The van der Waals surface area contributed by atoms with Gasteiger partial charge < -0.3 is 4.90 Å². The second-order valence-corrected chi connectivity index (χ2v) is 3.82. The molecule has 0 radical (unpaired) electrons. The summed E-state index contributed by atoms with van der Waals surface area (Å²) in [5, 5.41) is 0. The van der Waals surface area contributed by atoms with E-state index in [0.717, 1.165) is 12.1 Å². The highest BCUT2D eigenvalue weighted by atomic mass is 15.2. The van der Waals surface area contributed by atoms with Gasteiger partial charge in [-0.2, -0.15) is 0 Å². The topological polar surface area (TPSA) is 15.6 Å². The molecule has 0 aliphatic carbocycles. The fourth-order valence-electron chi connectivity index (χ4n) is 1.31. The highest BCUT2D eigenvalue weighted by molar-refractivity contribution is 5.62. The molecule has 0 aromatic carbocycles. The Hall–Kier alpha value is -1.31. The summed E-state index contributed by atoms with van der Waals surface area (Å²) in [6.45, 7) is 10.9. The lowest BCUT2D eigenvalue weighted by atomic mass is 10.2. The molecule has 1 aliphatic heterocycles. The third-order valence-electron chi connectivity index (χ3n) is 2.02. The predicted octanol–water partition coefficient (Wildman–Crippen LogP) is 2.75. The van der Waals surface area contributed by atoms with Crippen LogP contribution in [0, 0.1) is 0 Å². The molecule has 14 heavy (non-hydrogen) atoms. The summed E-state index contributed by atoms with van der Waals surface area (Å²) in [4.78, 5) is 6.42. The van der Waals surface area contributed by atoms with Crippen molar-refractivity contribution in [1.82, 2.24) is 4.90 Å². The van der Waals surface area contributed by atoms with E-state index in [4.69, 9.17) is 0 Å². The van der Waals surface area contributed by atoms with E-state index >= 15 is 0 Å². The fraction of sp³-hybridized carbons (Fsp3) is 0.417. The lowest BCUT2D eigenvalue weighted by molar-refractivity contribution is 0.449. The molecule has 1 heterocycles. The second kappa shape index (κ2) is 4.80. The van der Waals surface area contributed by atoms with Gasteiger partial charge in [0.2, 0.25) is 0 Å². The van der Waals surface area contributed by atoms with Gasteiger partial charge in [-0.05, 0) is 26.8 Å². The van der Waals surface area contributed by atoms with Crippen LogP contribution < -0.4 is 0 Å². The van der Waals surface area contributed by atoms with Gasteiger partial charge in [-0.25, -0.2) is 0 Å². The van der Waals surface area contributed by atoms with Gasteiger partial charge in [-0.3, -0.25) is 4.99 Å². The summed E-state index contributed by atoms with van der Waals surface area (Å²) in [5.74, 6) is 0. The molecule has 1 aliphatic rings. The van der Waals surface area contributed by atoms with Gasteiger partial charge in [0.25, 0.3) is 0 Å². The first kappa shape index (κ1) is 10.8. The van der Waals surface area contributed by atoms with E-state index in [1.165, 1.54) is 5.70 Å². The third kappa shape index (κ3) is 2.87. The van der Waals surface area contributed by atoms with Crippen LogP contribution in [0.25, 0.3) is 0 Å². The second-order valence-electron chi connectivity index (χ2n) is 3.82. The molecule has 0 aromatic rings. The SMILES string of the molecule is C=C(C)/C=C\C=C1/CN=CN1C(C)C. The van der Waals surface area contributed by atoms with Crippen LogP contribution in [0.2, 0.25) is 0 Å². The molecule has 0 bridgehead atoms. The van der Waals surface area contributed by atoms with Gasteiger partial charge in [0, 0.05) is 11.7 Å². The molecular formula is C12H18N2. The van der Waals surface area contributed by atoms with Gasteiger partial charge in [0.05, 0.1) is 12.9 Å². The summed E-state index contributed by atoms with van der Waals surface area (Å²) in [7, 11) is 0. The van der Waals surface area contributed by atoms with E-state index in [9.17, 15) is 0 Å². The van der Waals surface area contributed by atoms with Crippen LogP contribution in [0.5, 0.6) is 0 Å². The van der Waals surface area contributed by atoms with Crippen molar-refractivity contribution in [3.05, 3.63) is 36.1 Å². The minimum Gasteiger partial charge on any atom is -0.332 e. The fourth-order valence-corrected chi connectivity index (χ4v) is 1.31. The summed E-state index contributed by atoms with van der Waals surface area (Å²) in [6.07, 6.45) is 8.04. The Morgan fingerprint density at radius 2 is 2.36 bits per heavy atom. The smallest absolute Gasteiger partial charge is 0.0899 e. The van der Waals surface area contributed by atoms with Crippen LogP contribution in [0.3, 0.4) is 0 Å². The molecular weight excluding hydrogens is 172 g/mol. The Balaban J connectivity index is 2.65. The molecule has 0 amide bonds. The van der Waals surface area contributed by atoms with E-state index in [1.54, 1.807) is 0 Å². The standard InChI is InChI=1S/C12H18N2/c1-10(2)6-5-7-12-8-13-9-14(12)11(3)4/h5-7,9,11H,1,8H2,2-4H3/b6-5-,12-7+. The van der Waals surface area contributed by atoms with Gasteiger partial charge >= 0.3 is 0 Å². The average Bonchev–Trinajstić information content (AvgIpc) is 2.51. The monoisotopic (exact) mass is 190 g/mol. The Morgan fingerprint density at radius 3 is 2.93 bits per heavy atom. The predicted molar refractivity (Wildman–Crippen MR) is 62.4 cm³/mol. The van der Waals surface area contributed by atoms with Crippen molar-refractivity contribution in [1.29, 1.82) is 0 Å². The van der Waals surface area contributed by atoms with Crippen molar-refractivity contribution in [2.24, 2.45) is 4.99 Å². The van der Waals surface area contributed by atoms with Crippen molar-refractivity contribution in [2.75, 3.05) is 6.54 Å². The molecule has 0 fully saturated rings. The van der Waals surface area contributed by atoms with E-state index in [-0.39, 0.29) is 0 Å². The first-order valence-corrected chi connectivity index (χ1v) is 4.92. The average molecular weight is 190 g/mol. The normalized spacial score (nSPS) is 19.1. The van der Waals surface area contributed by atoms with Crippen molar-refractivity contribution in [2.45, 2.75) is 26.8 Å². The van der Waals surface area contributed by atoms with E-state index in [0.29, 0.717) is 6.04 Å². The zero-order valence-electron chi connectivity index (χ0n) is 9.20. The largest absolute Gasteiger partial charge is 0.332 e. The quantitative estimate of drug-likeness (QED) is 0.625. The van der Waals surface area contributed by atoms with Crippen LogP contribution in [0.4, 0.5) is 0 Å². The lowest BCUT2D eigenvalue weighted by Crippen LogP contribution is -2.25. The summed E-state index contributed by atoms with van der Waals surface area (Å²) in [6, 6.07) is 0.478. The summed E-state index contributed by atoms with van der Waals surface area (Å²) in [5.41, 5.74) is 2.31. The van der Waals surface area contributed by atoms with E-state index in [1.807, 2.05) is 25.4 Å². The highest BCUT2D eigenvalue weighted by Gasteiger charge is 2.14. The number of aliphatic imine (C=N–C) groups is 1. The van der Waals surface area contributed by atoms with E-state index in [2.05, 4.69) is 36.4 Å². The minimum absolute atomic E-state index is 0.478. The number of allylic oxidation sites excluding steroid dienone is 4. The number of hydrogen-bond acceptors (Lipinski definition) is 2. The van der Waals surface area contributed by atoms with Crippen LogP contribution >= 0.6 is 0 Å². The van der Waals surface area contributed by atoms with Gasteiger partial charge in [0.15, 0.2) is 0 Å². The Kier molecular flexibility index (Phi) is 3.69. The maximum absolute atomic E-state index is 4.24. The molecule has 2 heteroatoms. The van der Waals surface area contributed by atoms with E-state index < -0.39 is 0 Å². The van der Waals surface area contributed by atoms with Gasteiger partial charge in [-0.15, -0.1) is 0 Å². The van der Waals surface area contributed by atoms with Crippen molar-refractivity contribution < 1.29 is 0 Å². The minimum atomic E-state index is 0.478. The molecule has 0 saturated heterocycles. The van der Waals surface area contributed by atoms with Gasteiger partial charge in [-0.1, -0.05) is 24.3 Å². The Labute approximate surface area is 86.3 Å². The Morgan fingerprint density at radius 1 is 1.64 bits per heavy atom. The van der Waals surface area contributed by atoms with Crippen molar-refractivity contribution in [3.63, 3.8) is 0 Å². The molecule has 0 N–H and O–H groups in total. The van der Waals surface area contributed by atoms with Crippen LogP contribution in [0.15, 0.2) is 41.1 Å². The van der Waals surface area contributed by atoms with Crippen LogP contribution in [0.1, 0.15) is 20.8 Å². The Bertz CT molecular complexity index is 295. The summed E-state index contributed by atoms with van der Waals surface area (Å²) < 4.78 is 0. The molecule has 0 atom stereocenters. The molecule has 2 nitrogen and oxygen atoms in total. The zero-order chi connectivity index (χ0) is 10.6. The molecule has 0 saturated carbocycles. The van der Waals surface area contributed by atoms with Crippen LogP contribution in [-0.2, 0) is 0 Å². The number of nitrogens with zero attached hydrogens (tertiary/aromatic N) is 2.